The molecule has 1 saturated heterocycles. The molecule has 1 fully saturated rings. The molecule has 1 aliphatic rings. The predicted octanol–water partition coefficient (Wildman–Crippen LogP) is 0.380. The summed E-state index contributed by atoms with van der Waals surface area (Å²) >= 11 is 0. The van der Waals surface area contributed by atoms with E-state index in [9.17, 15) is 5.11 Å². The van der Waals surface area contributed by atoms with E-state index in [1.807, 2.05) is 30.3 Å². The monoisotopic (exact) mass is 236 g/mol. The van der Waals surface area contributed by atoms with Crippen LogP contribution in [-0.4, -0.2) is 48.9 Å². The van der Waals surface area contributed by atoms with Crippen LogP contribution in [0.1, 0.15) is 11.7 Å². The molecule has 4 heteroatoms. The van der Waals surface area contributed by atoms with Crippen molar-refractivity contribution in [1.29, 1.82) is 0 Å². The fourth-order valence-corrected chi connectivity index (χ4v) is 2.08. The first-order chi connectivity index (χ1) is 8.27. The van der Waals surface area contributed by atoms with Gasteiger partial charge in [0.25, 0.3) is 0 Å². The summed E-state index contributed by atoms with van der Waals surface area (Å²) in [6.07, 6.45) is -0.598. The van der Waals surface area contributed by atoms with Crippen molar-refractivity contribution in [2.24, 2.45) is 5.73 Å². The van der Waals surface area contributed by atoms with Crippen LogP contribution >= 0.6 is 0 Å². The number of hydrogen-bond donors (Lipinski definition) is 2. The van der Waals surface area contributed by atoms with E-state index >= 15 is 0 Å². The summed E-state index contributed by atoms with van der Waals surface area (Å²) in [6.45, 7) is 4.02. The quantitative estimate of drug-likeness (QED) is 0.793. The topological polar surface area (TPSA) is 58.7 Å². The first-order valence-electron chi connectivity index (χ1n) is 6.06. The van der Waals surface area contributed by atoms with Gasteiger partial charge >= 0.3 is 0 Å². The van der Waals surface area contributed by atoms with Crippen LogP contribution in [0.2, 0.25) is 0 Å². The Hall–Kier alpha value is -0.940. The van der Waals surface area contributed by atoms with E-state index in [-0.39, 0.29) is 6.04 Å². The summed E-state index contributed by atoms with van der Waals surface area (Å²) in [4.78, 5) is 2.24. The Morgan fingerprint density at radius 3 is 2.53 bits per heavy atom. The van der Waals surface area contributed by atoms with Gasteiger partial charge in [-0.05, 0) is 5.56 Å². The summed E-state index contributed by atoms with van der Waals surface area (Å²) in [5.41, 5.74) is 6.93. The van der Waals surface area contributed by atoms with Gasteiger partial charge in [-0.3, -0.25) is 4.90 Å². The molecule has 0 spiro atoms. The van der Waals surface area contributed by atoms with Crippen molar-refractivity contribution in [3.05, 3.63) is 35.9 Å². The van der Waals surface area contributed by atoms with E-state index in [1.165, 1.54) is 0 Å². The van der Waals surface area contributed by atoms with E-state index in [0.717, 1.165) is 31.9 Å². The van der Waals surface area contributed by atoms with Gasteiger partial charge in [0.1, 0.15) is 0 Å². The molecule has 0 amide bonds. The second kappa shape index (κ2) is 6.12. The van der Waals surface area contributed by atoms with Crippen molar-refractivity contribution in [1.82, 2.24) is 4.90 Å². The molecule has 1 aliphatic heterocycles. The van der Waals surface area contributed by atoms with Crippen molar-refractivity contribution in [2.75, 3.05) is 32.8 Å². The molecule has 17 heavy (non-hydrogen) atoms. The number of aliphatic hydroxyl groups excluding tert-OH is 1. The maximum absolute atomic E-state index is 10.1. The Kier molecular flexibility index (Phi) is 4.50. The second-order valence-corrected chi connectivity index (χ2v) is 4.43. The van der Waals surface area contributed by atoms with Gasteiger partial charge in [0.15, 0.2) is 0 Å². The molecule has 2 rings (SSSR count). The van der Waals surface area contributed by atoms with Crippen LogP contribution in [0.5, 0.6) is 0 Å². The van der Waals surface area contributed by atoms with E-state index in [4.69, 9.17) is 10.5 Å². The Bertz CT molecular complexity index is 325. The number of nitrogens with zero attached hydrogens (tertiary/aromatic N) is 1. The van der Waals surface area contributed by atoms with Crippen molar-refractivity contribution >= 4 is 0 Å². The van der Waals surface area contributed by atoms with Gasteiger partial charge in [-0.1, -0.05) is 30.3 Å². The summed E-state index contributed by atoms with van der Waals surface area (Å²) in [5.74, 6) is 0. The molecule has 2 atom stereocenters. The standard InChI is InChI=1S/C13H20N2O2/c14-12(10-15-6-8-17-9-7-15)13(16)11-4-2-1-3-5-11/h1-5,12-13,16H,6-10,14H2/t12-,13-/m1/s1. The Labute approximate surface area is 102 Å². The number of aliphatic hydroxyl groups is 1. The zero-order valence-corrected chi connectivity index (χ0v) is 9.96. The van der Waals surface area contributed by atoms with E-state index < -0.39 is 6.10 Å². The third-order valence-corrected chi connectivity index (χ3v) is 3.12. The molecule has 0 radical (unpaired) electrons. The fraction of sp³-hybridized carbons (Fsp3) is 0.538. The number of benzene rings is 1. The first kappa shape index (κ1) is 12.5. The van der Waals surface area contributed by atoms with E-state index in [2.05, 4.69) is 4.90 Å². The van der Waals surface area contributed by atoms with Gasteiger partial charge in [-0.25, -0.2) is 0 Å². The smallest absolute Gasteiger partial charge is 0.0953 e. The zero-order valence-electron chi connectivity index (χ0n) is 9.96. The van der Waals surface area contributed by atoms with Gasteiger partial charge in [-0.15, -0.1) is 0 Å². The summed E-state index contributed by atoms with van der Waals surface area (Å²) in [5, 5.41) is 10.1. The van der Waals surface area contributed by atoms with Gasteiger partial charge < -0.3 is 15.6 Å². The molecule has 0 bridgehead atoms. The van der Waals surface area contributed by atoms with Crippen LogP contribution < -0.4 is 5.73 Å². The molecule has 3 N–H and O–H groups in total. The lowest BCUT2D eigenvalue weighted by Crippen LogP contribution is -2.45. The second-order valence-electron chi connectivity index (χ2n) is 4.43. The lowest BCUT2D eigenvalue weighted by atomic mass is 10.0. The van der Waals surface area contributed by atoms with Gasteiger partial charge in [0, 0.05) is 25.7 Å². The van der Waals surface area contributed by atoms with Crippen LogP contribution in [0.4, 0.5) is 0 Å². The third-order valence-electron chi connectivity index (χ3n) is 3.12. The highest BCUT2D eigenvalue weighted by molar-refractivity contribution is 5.18. The van der Waals surface area contributed by atoms with Crippen molar-refractivity contribution in [3.63, 3.8) is 0 Å². The van der Waals surface area contributed by atoms with E-state index in [0.29, 0.717) is 6.54 Å². The number of ether oxygens (including phenoxy) is 1. The summed E-state index contributed by atoms with van der Waals surface area (Å²) < 4.78 is 5.28. The summed E-state index contributed by atoms with van der Waals surface area (Å²) in [7, 11) is 0. The molecule has 0 aliphatic carbocycles. The Morgan fingerprint density at radius 1 is 1.24 bits per heavy atom. The molecule has 1 heterocycles. The normalized spacial score (nSPS) is 21.1. The van der Waals surface area contributed by atoms with Gasteiger partial charge in [0.2, 0.25) is 0 Å². The first-order valence-corrected chi connectivity index (χ1v) is 6.06. The lowest BCUT2D eigenvalue weighted by molar-refractivity contribution is 0.0249. The Morgan fingerprint density at radius 2 is 1.88 bits per heavy atom. The fourth-order valence-electron chi connectivity index (χ4n) is 2.08. The minimum absolute atomic E-state index is 0.254. The van der Waals surface area contributed by atoms with Crippen molar-refractivity contribution < 1.29 is 9.84 Å². The minimum atomic E-state index is -0.598. The molecular formula is C13H20N2O2. The summed E-state index contributed by atoms with van der Waals surface area (Å²) in [6, 6.07) is 9.33. The number of rotatable bonds is 4. The molecule has 4 nitrogen and oxygen atoms in total. The average Bonchev–Trinajstić information content (AvgIpc) is 2.40. The highest BCUT2D eigenvalue weighted by Crippen LogP contribution is 2.16. The Balaban J connectivity index is 1.88. The number of nitrogens with two attached hydrogens (primary N) is 1. The lowest BCUT2D eigenvalue weighted by Gasteiger charge is -2.30. The van der Waals surface area contributed by atoms with Gasteiger partial charge in [-0.2, -0.15) is 0 Å². The zero-order chi connectivity index (χ0) is 12.1. The molecule has 1 aromatic carbocycles. The van der Waals surface area contributed by atoms with E-state index in [1.54, 1.807) is 0 Å². The van der Waals surface area contributed by atoms with Crippen LogP contribution in [0.15, 0.2) is 30.3 Å². The van der Waals surface area contributed by atoms with Crippen molar-refractivity contribution in [3.8, 4) is 0 Å². The average molecular weight is 236 g/mol. The minimum Gasteiger partial charge on any atom is -0.387 e. The molecule has 0 unspecified atom stereocenters. The highest BCUT2D eigenvalue weighted by Gasteiger charge is 2.20. The predicted molar refractivity (Wildman–Crippen MR) is 66.6 cm³/mol. The SMILES string of the molecule is N[C@H](CN1CCOCC1)[C@H](O)c1ccccc1. The van der Waals surface area contributed by atoms with Crippen LogP contribution in [0, 0.1) is 0 Å². The van der Waals surface area contributed by atoms with Crippen molar-refractivity contribution in [2.45, 2.75) is 12.1 Å². The van der Waals surface area contributed by atoms with Gasteiger partial charge in [0.05, 0.1) is 19.3 Å². The number of hydrogen-bond acceptors (Lipinski definition) is 4. The molecule has 94 valence electrons. The molecule has 0 aromatic heterocycles. The van der Waals surface area contributed by atoms with Crippen LogP contribution in [0.3, 0.4) is 0 Å². The maximum Gasteiger partial charge on any atom is 0.0953 e. The number of morpholine rings is 1. The highest BCUT2D eigenvalue weighted by atomic mass is 16.5. The van der Waals surface area contributed by atoms with Crippen LogP contribution in [0.25, 0.3) is 0 Å². The molecular weight excluding hydrogens is 216 g/mol. The molecule has 1 aromatic rings. The molecule has 0 saturated carbocycles. The largest absolute Gasteiger partial charge is 0.387 e. The third kappa shape index (κ3) is 3.51. The van der Waals surface area contributed by atoms with Crippen LogP contribution in [-0.2, 0) is 4.74 Å². The maximum atomic E-state index is 10.1.